The summed E-state index contributed by atoms with van der Waals surface area (Å²) in [5.41, 5.74) is 2.01. The number of likely N-dealkylation sites (N-methyl/N-ethyl adjacent to an activating group) is 1. The summed E-state index contributed by atoms with van der Waals surface area (Å²) >= 11 is 0. The van der Waals surface area contributed by atoms with Crippen molar-refractivity contribution >= 4 is 27.5 Å². The fourth-order valence-corrected chi connectivity index (χ4v) is 6.37. The minimum Gasteiger partial charge on any atom is -0.492 e. The van der Waals surface area contributed by atoms with Gasteiger partial charge in [-0.3, -0.25) is 13.9 Å². The summed E-state index contributed by atoms with van der Waals surface area (Å²) in [6, 6.07) is 27.0. The van der Waals surface area contributed by atoms with Crippen LogP contribution in [0.15, 0.2) is 108 Å². The molecular formula is C35H38FN3O5S. The van der Waals surface area contributed by atoms with Crippen molar-refractivity contribution in [1.82, 2.24) is 10.2 Å². The second kappa shape index (κ2) is 15.3. The first kappa shape index (κ1) is 33.2. The van der Waals surface area contributed by atoms with Crippen molar-refractivity contribution in [2.24, 2.45) is 0 Å². The summed E-state index contributed by atoms with van der Waals surface area (Å²) in [5, 5.41) is 2.80. The van der Waals surface area contributed by atoms with Crippen LogP contribution in [0.25, 0.3) is 0 Å². The van der Waals surface area contributed by atoms with E-state index in [2.05, 4.69) is 5.32 Å². The molecule has 0 spiro atoms. The van der Waals surface area contributed by atoms with Crippen LogP contribution in [0.5, 0.6) is 5.75 Å². The molecule has 0 saturated heterocycles. The highest BCUT2D eigenvalue weighted by Gasteiger charge is 2.35. The summed E-state index contributed by atoms with van der Waals surface area (Å²) in [4.78, 5) is 29.3. The van der Waals surface area contributed by atoms with Crippen LogP contribution in [-0.4, -0.2) is 50.9 Å². The average Bonchev–Trinajstić information content (AvgIpc) is 3.03. The molecule has 1 atom stereocenters. The third-order valence-electron chi connectivity index (χ3n) is 7.24. The van der Waals surface area contributed by atoms with E-state index >= 15 is 0 Å². The molecule has 0 bridgehead atoms. The Morgan fingerprint density at radius 1 is 0.867 bits per heavy atom. The van der Waals surface area contributed by atoms with Crippen molar-refractivity contribution in [3.63, 3.8) is 0 Å². The van der Waals surface area contributed by atoms with Crippen molar-refractivity contribution in [2.75, 3.05) is 24.0 Å². The predicted octanol–water partition coefficient (Wildman–Crippen LogP) is 5.50. The number of amides is 2. The van der Waals surface area contributed by atoms with E-state index in [1.54, 1.807) is 56.3 Å². The minimum atomic E-state index is -4.31. The molecule has 0 saturated carbocycles. The number of anilines is 1. The number of nitrogens with one attached hydrogen (secondary N) is 1. The van der Waals surface area contributed by atoms with Crippen LogP contribution in [-0.2, 0) is 32.6 Å². The Bertz CT molecular complexity index is 1700. The number of hydrogen-bond donors (Lipinski definition) is 1. The zero-order valence-electron chi connectivity index (χ0n) is 25.6. The lowest BCUT2D eigenvalue weighted by molar-refractivity contribution is -0.140. The highest BCUT2D eigenvalue weighted by Crippen LogP contribution is 2.33. The summed E-state index contributed by atoms with van der Waals surface area (Å²) in [6.45, 7) is 5.03. The Balaban J connectivity index is 1.84. The van der Waals surface area contributed by atoms with Gasteiger partial charge in [-0.1, -0.05) is 78.4 Å². The number of carbonyl (C=O) groups is 2. The summed E-state index contributed by atoms with van der Waals surface area (Å²) in [7, 11) is -4.31. The number of rotatable bonds is 14. The van der Waals surface area contributed by atoms with Gasteiger partial charge < -0.3 is 15.0 Å². The maximum absolute atomic E-state index is 15.0. The largest absolute Gasteiger partial charge is 0.492 e. The molecule has 0 aliphatic heterocycles. The molecule has 236 valence electrons. The number of para-hydroxylation sites is 2. The van der Waals surface area contributed by atoms with Gasteiger partial charge in [0.25, 0.3) is 10.0 Å². The van der Waals surface area contributed by atoms with E-state index in [1.807, 2.05) is 37.3 Å². The lowest BCUT2D eigenvalue weighted by Crippen LogP contribution is -2.53. The zero-order valence-corrected chi connectivity index (χ0v) is 26.5. The number of aryl methyl sites for hydroxylation is 1. The first-order valence-corrected chi connectivity index (χ1v) is 16.3. The van der Waals surface area contributed by atoms with Crippen LogP contribution in [0, 0.1) is 12.7 Å². The van der Waals surface area contributed by atoms with Gasteiger partial charge in [-0.25, -0.2) is 12.8 Å². The number of nitrogens with zero attached hydrogens (tertiary/aromatic N) is 2. The van der Waals surface area contributed by atoms with Gasteiger partial charge in [0.15, 0.2) is 0 Å². The van der Waals surface area contributed by atoms with Gasteiger partial charge in [0.1, 0.15) is 24.2 Å². The van der Waals surface area contributed by atoms with Gasteiger partial charge in [0, 0.05) is 25.1 Å². The van der Waals surface area contributed by atoms with Crippen LogP contribution in [0.3, 0.4) is 0 Å². The zero-order chi connectivity index (χ0) is 32.4. The molecular weight excluding hydrogens is 593 g/mol. The lowest BCUT2D eigenvalue weighted by Gasteiger charge is -2.34. The molecule has 0 aromatic heterocycles. The molecule has 10 heteroatoms. The van der Waals surface area contributed by atoms with E-state index in [4.69, 9.17) is 4.74 Å². The smallest absolute Gasteiger partial charge is 0.264 e. The van der Waals surface area contributed by atoms with E-state index < -0.39 is 40.2 Å². The fraction of sp³-hybridized carbons (Fsp3) is 0.257. The van der Waals surface area contributed by atoms with Gasteiger partial charge in [-0.2, -0.15) is 0 Å². The van der Waals surface area contributed by atoms with Gasteiger partial charge in [-0.15, -0.1) is 0 Å². The quantitative estimate of drug-likeness (QED) is 0.198. The molecule has 45 heavy (non-hydrogen) atoms. The predicted molar refractivity (Wildman–Crippen MR) is 173 cm³/mol. The molecule has 1 N–H and O–H groups in total. The Morgan fingerprint density at radius 3 is 2.18 bits per heavy atom. The standard InChI is InChI=1S/C35H38FN3O5S/c1-4-37-35(41)32(23-27-13-7-6-8-14-27)38(24-28-15-9-10-16-30(28)36)34(40)25-39(31-17-11-12-18-33(31)44-5-2)45(42,43)29-21-19-26(3)20-22-29/h6-22,32H,4-5,23-25H2,1-3H3,(H,37,41)/t32-/m0/s1. The van der Waals surface area contributed by atoms with E-state index in [1.165, 1.54) is 35.2 Å². The maximum atomic E-state index is 15.0. The number of ether oxygens (including phenoxy) is 1. The average molecular weight is 632 g/mol. The number of halogens is 1. The van der Waals surface area contributed by atoms with Gasteiger partial charge in [0.05, 0.1) is 17.2 Å². The molecule has 0 unspecified atom stereocenters. The summed E-state index contributed by atoms with van der Waals surface area (Å²) < 4.78 is 50.2. The highest BCUT2D eigenvalue weighted by molar-refractivity contribution is 7.92. The number of benzene rings is 4. The van der Waals surface area contributed by atoms with Crippen molar-refractivity contribution in [1.29, 1.82) is 0 Å². The minimum absolute atomic E-state index is 0.0163. The monoisotopic (exact) mass is 631 g/mol. The van der Waals surface area contributed by atoms with Crippen LogP contribution < -0.4 is 14.4 Å². The molecule has 0 aliphatic carbocycles. The van der Waals surface area contributed by atoms with Gasteiger partial charge in [0.2, 0.25) is 11.8 Å². The van der Waals surface area contributed by atoms with Crippen molar-refractivity contribution in [3.8, 4) is 5.75 Å². The Labute approximate surface area is 264 Å². The fourth-order valence-electron chi connectivity index (χ4n) is 4.95. The lowest BCUT2D eigenvalue weighted by atomic mass is 10.0. The van der Waals surface area contributed by atoms with Crippen LogP contribution in [0.4, 0.5) is 10.1 Å². The third kappa shape index (κ3) is 8.27. The van der Waals surface area contributed by atoms with Crippen LogP contribution in [0.1, 0.15) is 30.5 Å². The van der Waals surface area contributed by atoms with Crippen molar-refractivity contribution < 1.29 is 27.1 Å². The summed E-state index contributed by atoms with van der Waals surface area (Å²) in [6.07, 6.45) is 0.132. The first-order valence-electron chi connectivity index (χ1n) is 14.8. The van der Waals surface area contributed by atoms with E-state index in [0.29, 0.717) is 6.54 Å². The molecule has 2 amide bonds. The molecule has 4 aromatic carbocycles. The highest BCUT2D eigenvalue weighted by atomic mass is 32.2. The molecule has 8 nitrogen and oxygen atoms in total. The first-order chi connectivity index (χ1) is 21.6. The second-order valence-electron chi connectivity index (χ2n) is 10.4. The third-order valence-corrected chi connectivity index (χ3v) is 9.02. The molecule has 0 heterocycles. The van der Waals surface area contributed by atoms with Gasteiger partial charge in [-0.05, 0) is 56.7 Å². The van der Waals surface area contributed by atoms with Crippen molar-refractivity contribution in [3.05, 3.63) is 126 Å². The number of carbonyl (C=O) groups excluding carboxylic acids is 2. The maximum Gasteiger partial charge on any atom is 0.264 e. The Morgan fingerprint density at radius 2 is 1.51 bits per heavy atom. The number of sulfonamides is 1. The molecule has 4 rings (SSSR count). The van der Waals surface area contributed by atoms with Crippen molar-refractivity contribution in [2.45, 2.75) is 44.7 Å². The molecule has 0 radical (unpaired) electrons. The van der Waals surface area contributed by atoms with E-state index in [-0.39, 0.29) is 41.5 Å². The SMILES string of the molecule is CCNC(=O)[C@H](Cc1ccccc1)N(Cc1ccccc1F)C(=O)CN(c1ccccc1OCC)S(=O)(=O)c1ccc(C)cc1. The van der Waals surface area contributed by atoms with Crippen LogP contribution >= 0.6 is 0 Å². The topological polar surface area (TPSA) is 96.0 Å². The number of hydrogen-bond acceptors (Lipinski definition) is 5. The second-order valence-corrected chi connectivity index (χ2v) is 12.3. The molecule has 4 aromatic rings. The Hall–Kier alpha value is -4.70. The van der Waals surface area contributed by atoms with Gasteiger partial charge >= 0.3 is 0 Å². The van der Waals surface area contributed by atoms with E-state index in [9.17, 15) is 22.4 Å². The normalized spacial score (nSPS) is 11.8. The molecule has 0 aliphatic rings. The summed E-state index contributed by atoms with van der Waals surface area (Å²) in [5.74, 6) is -1.40. The van der Waals surface area contributed by atoms with E-state index in [0.717, 1.165) is 15.4 Å². The Kier molecular flexibility index (Phi) is 11.3. The molecule has 0 fully saturated rings. The van der Waals surface area contributed by atoms with Crippen LogP contribution in [0.2, 0.25) is 0 Å².